The van der Waals surface area contributed by atoms with Gasteiger partial charge in [-0.3, -0.25) is 4.68 Å². The Morgan fingerprint density at radius 1 is 1.47 bits per heavy atom. The van der Waals surface area contributed by atoms with Gasteiger partial charge in [-0.15, -0.1) is 0 Å². The third-order valence-electron chi connectivity index (χ3n) is 1.85. The van der Waals surface area contributed by atoms with Crippen LogP contribution in [0.25, 0.3) is 0 Å². The van der Waals surface area contributed by atoms with Crippen LogP contribution in [0.4, 0.5) is 5.82 Å². The average Bonchev–Trinajstić information content (AvgIpc) is 2.62. The van der Waals surface area contributed by atoms with E-state index < -0.39 is 0 Å². The molecule has 0 saturated carbocycles. The summed E-state index contributed by atoms with van der Waals surface area (Å²) in [4.78, 5) is 7.80. The molecule has 0 spiro atoms. The molecular weight excluding hydrogens is 214 g/mol. The first-order valence-corrected chi connectivity index (χ1v) is 4.83. The predicted octanol–water partition coefficient (Wildman–Crippen LogP) is 1.48. The minimum atomic E-state index is 0.237. The molecule has 2 rings (SSSR count). The van der Waals surface area contributed by atoms with Gasteiger partial charge in [-0.25, -0.2) is 9.97 Å². The monoisotopic (exact) mass is 223 g/mol. The van der Waals surface area contributed by atoms with Crippen LogP contribution in [0, 0.1) is 0 Å². The van der Waals surface area contributed by atoms with Crippen molar-refractivity contribution in [3.63, 3.8) is 0 Å². The fourth-order valence-corrected chi connectivity index (χ4v) is 1.32. The number of halogens is 1. The average molecular weight is 224 g/mol. The van der Waals surface area contributed by atoms with Crippen molar-refractivity contribution in [1.29, 1.82) is 0 Å². The van der Waals surface area contributed by atoms with Crippen molar-refractivity contribution in [1.82, 2.24) is 19.7 Å². The zero-order valence-electron chi connectivity index (χ0n) is 8.18. The molecule has 0 saturated heterocycles. The number of nitrogens with one attached hydrogen (secondary N) is 1. The van der Waals surface area contributed by atoms with Gasteiger partial charge < -0.3 is 5.32 Å². The molecule has 5 nitrogen and oxygen atoms in total. The molecule has 0 atom stereocenters. The topological polar surface area (TPSA) is 55.6 Å². The molecule has 78 valence electrons. The minimum Gasteiger partial charge on any atom is -0.364 e. The summed E-state index contributed by atoms with van der Waals surface area (Å²) in [6.45, 7) is 0.619. The fraction of sp³-hybridized carbons (Fsp3) is 0.222. The van der Waals surface area contributed by atoms with Crippen LogP contribution in [0.2, 0.25) is 5.28 Å². The Balaban J connectivity index is 1.99. The molecule has 15 heavy (non-hydrogen) atoms. The Bertz CT molecular complexity index is 453. The molecule has 2 aromatic heterocycles. The highest BCUT2D eigenvalue weighted by molar-refractivity contribution is 6.28. The normalized spacial score (nSPS) is 10.3. The van der Waals surface area contributed by atoms with Gasteiger partial charge in [-0.2, -0.15) is 5.10 Å². The lowest BCUT2D eigenvalue weighted by molar-refractivity contribution is 0.747. The van der Waals surface area contributed by atoms with Crippen LogP contribution < -0.4 is 5.32 Å². The van der Waals surface area contributed by atoms with Crippen molar-refractivity contribution in [3.8, 4) is 0 Å². The van der Waals surface area contributed by atoms with Crippen molar-refractivity contribution in [2.75, 3.05) is 5.32 Å². The highest BCUT2D eigenvalue weighted by atomic mass is 35.5. The van der Waals surface area contributed by atoms with E-state index in [9.17, 15) is 0 Å². The van der Waals surface area contributed by atoms with Crippen LogP contribution in [0.15, 0.2) is 24.5 Å². The van der Waals surface area contributed by atoms with Gasteiger partial charge in [0.05, 0.1) is 12.2 Å². The molecule has 0 unspecified atom stereocenters. The van der Waals surface area contributed by atoms with Gasteiger partial charge in [0.25, 0.3) is 0 Å². The zero-order valence-corrected chi connectivity index (χ0v) is 8.94. The molecule has 0 aliphatic carbocycles. The second-order valence-corrected chi connectivity index (χ2v) is 3.38. The van der Waals surface area contributed by atoms with Gasteiger partial charge in [0.1, 0.15) is 5.82 Å². The van der Waals surface area contributed by atoms with Crippen LogP contribution in [0.3, 0.4) is 0 Å². The quantitative estimate of drug-likeness (QED) is 0.801. The van der Waals surface area contributed by atoms with Gasteiger partial charge in [0, 0.05) is 19.4 Å². The maximum Gasteiger partial charge on any atom is 0.224 e. The third kappa shape index (κ3) is 2.66. The lowest BCUT2D eigenvalue weighted by atomic mass is 10.4. The van der Waals surface area contributed by atoms with Crippen molar-refractivity contribution in [3.05, 3.63) is 35.5 Å². The SMILES string of the molecule is Cn1ccc(CNc2ccnc(Cl)n2)n1. The van der Waals surface area contributed by atoms with Crippen LogP contribution in [0.1, 0.15) is 5.69 Å². The molecule has 2 heterocycles. The first-order valence-electron chi connectivity index (χ1n) is 4.45. The van der Waals surface area contributed by atoms with E-state index in [-0.39, 0.29) is 5.28 Å². The van der Waals surface area contributed by atoms with Crippen molar-refractivity contribution >= 4 is 17.4 Å². The Kier molecular flexibility index (Phi) is 2.82. The molecule has 2 aromatic rings. The molecular formula is C9H10ClN5. The molecule has 1 N–H and O–H groups in total. The van der Waals surface area contributed by atoms with E-state index in [1.165, 1.54) is 0 Å². The second kappa shape index (κ2) is 4.27. The highest BCUT2D eigenvalue weighted by Gasteiger charge is 1.98. The van der Waals surface area contributed by atoms with E-state index >= 15 is 0 Å². The summed E-state index contributed by atoms with van der Waals surface area (Å²) in [5.41, 5.74) is 0.951. The molecule has 0 aliphatic rings. The van der Waals surface area contributed by atoms with Crippen LogP contribution in [-0.2, 0) is 13.6 Å². The molecule has 0 radical (unpaired) electrons. The highest BCUT2D eigenvalue weighted by Crippen LogP contribution is 2.07. The van der Waals surface area contributed by atoms with Gasteiger partial charge >= 0.3 is 0 Å². The van der Waals surface area contributed by atoms with Crippen molar-refractivity contribution < 1.29 is 0 Å². The van der Waals surface area contributed by atoms with E-state index in [1.54, 1.807) is 16.9 Å². The number of aromatic nitrogens is 4. The van der Waals surface area contributed by atoms with Crippen molar-refractivity contribution in [2.45, 2.75) is 6.54 Å². The number of hydrogen-bond donors (Lipinski definition) is 1. The van der Waals surface area contributed by atoms with Crippen LogP contribution >= 0.6 is 11.6 Å². The van der Waals surface area contributed by atoms with E-state index in [2.05, 4.69) is 20.4 Å². The summed E-state index contributed by atoms with van der Waals surface area (Å²) in [5.74, 6) is 0.695. The van der Waals surface area contributed by atoms with E-state index in [1.807, 2.05) is 19.3 Å². The number of anilines is 1. The maximum absolute atomic E-state index is 5.65. The second-order valence-electron chi connectivity index (χ2n) is 3.05. The van der Waals surface area contributed by atoms with E-state index in [0.717, 1.165) is 5.69 Å². The first-order chi connectivity index (χ1) is 7.24. The molecule has 0 aromatic carbocycles. The van der Waals surface area contributed by atoms with E-state index in [0.29, 0.717) is 12.4 Å². The lowest BCUT2D eigenvalue weighted by Gasteiger charge is -2.02. The van der Waals surface area contributed by atoms with Crippen LogP contribution in [-0.4, -0.2) is 19.7 Å². The number of aryl methyl sites for hydroxylation is 1. The predicted molar refractivity (Wildman–Crippen MR) is 57.6 cm³/mol. The fourth-order valence-electron chi connectivity index (χ4n) is 1.17. The standard InChI is InChI=1S/C9H10ClN5/c1-15-5-3-7(14-15)6-12-8-2-4-11-9(10)13-8/h2-5H,6H2,1H3,(H,11,12,13). The van der Waals surface area contributed by atoms with Gasteiger partial charge in [-0.1, -0.05) is 0 Å². The molecule has 0 bridgehead atoms. The maximum atomic E-state index is 5.65. The third-order valence-corrected chi connectivity index (χ3v) is 2.03. The molecule has 0 aliphatic heterocycles. The van der Waals surface area contributed by atoms with Gasteiger partial charge in [0.15, 0.2) is 0 Å². The zero-order chi connectivity index (χ0) is 10.7. The molecule has 0 amide bonds. The largest absolute Gasteiger partial charge is 0.364 e. The summed E-state index contributed by atoms with van der Waals surface area (Å²) < 4.78 is 1.75. The first kappa shape index (κ1) is 9.92. The number of nitrogens with zero attached hydrogens (tertiary/aromatic N) is 4. The van der Waals surface area contributed by atoms with Crippen LogP contribution in [0.5, 0.6) is 0 Å². The van der Waals surface area contributed by atoms with Gasteiger partial charge in [-0.05, 0) is 23.7 Å². The number of hydrogen-bond acceptors (Lipinski definition) is 4. The summed E-state index contributed by atoms with van der Waals surface area (Å²) in [6.07, 6.45) is 3.50. The molecule has 0 fully saturated rings. The number of rotatable bonds is 3. The van der Waals surface area contributed by atoms with Crippen molar-refractivity contribution in [2.24, 2.45) is 7.05 Å². The molecule has 6 heteroatoms. The Hall–Kier alpha value is -1.62. The Labute approximate surface area is 92.1 Å². The Morgan fingerprint density at radius 3 is 3.00 bits per heavy atom. The smallest absolute Gasteiger partial charge is 0.224 e. The van der Waals surface area contributed by atoms with E-state index in [4.69, 9.17) is 11.6 Å². The van der Waals surface area contributed by atoms with Gasteiger partial charge in [0.2, 0.25) is 5.28 Å². The summed E-state index contributed by atoms with van der Waals surface area (Å²) in [7, 11) is 1.88. The summed E-state index contributed by atoms with van der Waals surface area (Å²) >= 11 is 5.65. The lowest BCUT2D eigenvalue weighted by Crippen LogP contribution is -2.03. The summed E-state index contributed by atoms with van der Waals surface area (Å²) in [6, 6.07) is 3.70. The minimum absolute atomic E-state index is 0.237. The summed E-state index contributed by atoms with van der Waals surface area (Å²) in [5, 5.41) is 7.57. The Morgan fingerprint density at radius 2 is 2.33 bits per heavy atom.